The van der Waals surface area contributed by atoms with Gasteiger partial charge in [0.05, 0.1) is 5.75 Å². The van der Waals surface area contributed by atoms with Crippen molar-refractivity contribution in [2.75, 3.05) is 58.1 Å². The molecule has 0 aliphatic carbocycles. The number of carbonyl (C=O) groups excluding carboxylic acids is 1. The van der Waals surface area contributed by atoms with Crippen LogP contribution < -0.4 is 5.32 Å². The van der Waals surface area contributed by atoms with E-state index >= 15 is 0 Å². The maximum absolute atomic E-state index is 13.2. The number of hydrogen-bond acceptors (Lipinski definition) is 6. The highest BCUT2D eigenvalue weighted by atomic mass is 35.5. The van der Waals surface area contributed by atoms with E-state index in [0.717, 1.165) is 25.9 Å². The van der Waals surface area contributed by atoms with Gasteiger partial charge in [0.1, 0.15) is 0 Å². The summed E-state index contributed by atoms with van der Waals surface area (Å²) in [6.45, 7) is 7.10. The van der Waals surface area contributed by atoms with Gasteiger partial charge in [0.25, 0.3) is 5.91 Å². The van der Waals surface area contributed by atoms with Crippen LogP contribution in [0.2, 0.25) is 5.02 Å². The van der Waals surface area contributed by atoms with E-state index in [-0.39, 0.29) is 24.2 Å². The first kappa shape index (κ1) is 30.3. The third kappa shape index (κ3) is 9.18. The van der Waals surface area contributed by atoms with Gasteiger partial charge in [0.15, 0.2) is 0 Å². The Hall–Kier alpha value is -1.93. The molecule has 204 valence electrons. The lowest BCUT2D eigenvalue weighted by molar-refractivity contribution is -0.192. The van der Waals surface area contributed by atoms with Crippen molar-refractivity contribution in [1.82, 2.24) is 19.4 Å². The number of carbonyl (C=O) groups is 2. The Morgan fingerprint density at radius 3 is 2.42 bits per heavy atom. The van der Waals surface area contributed by atoms with Gasteiger partial charge in [-0.2, -0.15) is 17.5 Å². The highest BCUT2D eigenvalue weighted by molar-refractivity contribution is 7.89. The maximum Gasteiger partial charge on any atom is 0.490 e. The Balaban J connectivity index is 0.000000572. The van der Waals surface area contributed by atoms with Gasteiger partial charge >= 0.3 is 12.1 Å². The molecular formula is C22H32ClF3N4O5S. The number of rotatable bonds is 8. The van der Waals surface area contributed by atoms with Gasteiger partial charge in [-0.1, -0.05) is 24.6 Å². The van der Waals surface area contributed by atoms with Crippen LogP contribution in [0.5, 0.6) is 0 Å². The molecular weight excluding hydrogens is 525 g/mol. The minimum Gasteiger partial charge on any atom is -0.475 e. The van der Waals surface area contributed by atoms with E-state index in [1.54, 1.807) is 29.2 Å². The van der Waals surface area contributed by atoms with Gasteiger partial charge in [-0.05, 0) is 44.1 Å². The molecule has 0 bridgehead atoms. The van der Waals surface area contributed by atoms with Gasteiger partial charge in [-0.15, -0.1) is 0 Å². The Labute approximate surface area is 214 Å². The molecule has 14 heteroatoms. The molecule has 1 aromatic rings. The molecule has 36 heavy (non-hydrogen) atoms. The van der Waals surface area contributed by atoms with Crippen LogP contribution in [0.1, 0.15) is 30.1 Å². The molecule has 2 fully saturated rings. The lowest BCUT2D eigenvalue weighted by atomic mass is 10.1. The standard InChI is InChI=1S/C20H31ClN4O3S.C2HF3O2/c1-2-23-10-4-7-19(23)16-24(20(26)17-5-3-6-18(21)15-17)13-14-29(27,28)25-11-8-22-9-12-25;3-2(4,5)1(6)7/h3,5-6,15,19,22H,2,4,7-14,16H2,1H3;(H,6,7). The van der Waals surface area contributed by atoms with Gasteiger partial charge < -0.3 is 15.3 Å². The second kappa shape index (κ2) is 13.6. The number of likely N-dealkylation sites (tertiary alicyclic amines) is 1. The number of alkyl halides is 3. The number of aliphatic carboxylic acids is 1. The van der Waals surface area contributed by atoms with Crippen molar-refractivity contribution < 1.29 is 36.3 Å². The third-order valence-corrected chi connectivity index (χ3v) is 8.11. The van der Waals surface area contributed by atoms with E-state index in [9.17, 15) is 26.4 Å². The van der Waals surface area contributed by atoms with Gasteiger partial charge in [-0.25, -0.2) is 13.2 Å². The average molecular weight is 557 g/mol. The quantitative estimate of drug-likeness (QED) is 0.505. The normalized spacial score (nSPS) is 19.4. The van der Waals surface area contributed by atoms with Crippen LogP contribution in [0, 0.1) is 0 Å². The summed E-state index contributed by atoms with van der Waals surface area (Å²) in [5.41, 5.74) is 0.498. The lowest BCUT2D eigenvalue weighted by Gasteiger charge is -2.32. The largest absolute Gasteiger partial charge is 0.490 e. The van der Waals surface area contributed by atoms with Crippen LogP contribution in [-0.4, -0.2) is 110 Å². The van der Waals surface area contributed by atoms with E-state index in [1.165, 1.54) is 4.31 Å². The molecule has 2 aliphatic heterocycles. The fourth-order valence-electron chi connectivity index (χ4n) is 4.13. The van der Waals surface area contributed by atoms with Crippen molar-refractivity contribution >= 4 is 33.5 Å². The minimum absolute atomic E-state index is 0.0574. The first-order valence-corrected chi connectivity index (χ1v) is 13.6. The summed E-state index contributed by atoms with van der Waals surface area (Å²) in [6, 6.07) is 7.13. The third-order valence-electron chi connectivity index (χ3n) is 6.03. The number of halogens is 4. The Morgan fingerprint density at radius 1 is 1.22 bits per heavy atom. The van der Waals surface area contributed by atoms with Crippen LogP contribution in [0.25, 0.3) is 0 Å². The maximum atomic E-state index is 13.2. The minimum atomic E-state index is -5.08. The number of nitrogens with one attached hydrogen (secondary N) is 1. The van der Waals surface area contributed by atoms with Crippen LogP contribution in [-0.2, 0) is 14.8 Å². The van der Waals surface area contributed by atoms with Crippen LogP contribution in [0.15, 0.2) is 24.3 Å². The number of carboxylic acids is 1. The first-order chi connectivity index (χ1) is 16.8. The topological polar surface area (TPSA) is 110 Å². The predicted molar refractivity (Wildman–Crippen MR) is 130 cm³/mol. The summed E-state index contributed by atoms with van der Waals surface area (Å²) < 4.78 is 58.8. The summed E-state index contributed by atoms with van der Waals surface area (Å²) >= 11 is 6.07. The summed E-state index contributed by atoms with van der Waals surface area (Å²) in [4.78, 5) is 26.2. The molecule has 3 rings (SSSR count). The Bertz CT molecular complexity index is 990. The summed E-state index contributed by atoms with van der Waals surface area (Å²) in [7, 11) is -3.40. The molecule has 2 aliphatic rings. The number of sulfonamides is 1. The summed E-state index contributed by atoms with van der Waals surface area (Å²) in [5.74, 6) is -2.98. The second-order valence-electron chi connectivity index (χ2n) is 8.45. The molecule has 1 amide bonds. The van der Waals surface area contributed by atoms with Crippen molar-refractivity contribution in [2.45, 2.75) is 32.0 Å². The molecule has 2 saturated heterocycles. The zero-order valence-corrected chi connectivity index (χ0v) is 21.6. The van der Waals surface area contributed by atoms with Crippen molar-refractivity contribution in [3.8, 4) is 0 Å². The molecule has 2 N–H and O–H groups in total. The van der Waals surface area contributed by atoms with Gasteiger partial charge in [0.2, 0.25) is 10.0 Å². The molecule has 0 aromatic heterocycles. The fourth-order valence-corrected chi connectivity index (χ4v) is 5.77. The van der Waals surface area contributed by atoms with E-state index < -0.39 is 22.2 Å². The molecule has 1 atom stereocenters. The average Bonchev–Trinajstić information content (AvgIpc) is 3.29. The van der Waals surface area contributed by atoms with Crippen LogP contribution in [0.3, 0.4) is 0 Å². The van der Waals surface area contributed by atoms with Gasteiger partial charge in [0, 0.05) is 55.9 Å². The zero-order chi connectivity index (χ0) is 26.9. The van der Waals surface area contributed by atoms with E-state index in [2.05, 4.69) is 17.1 Å². The summed E-state index contributed by atoms with van der Waals surface area (Å²) in [5, 5.41) is 10.8. The molecule has 0 spiro atoms. The predicted octanol–water partition coefficient (Wildman–Crippen LogP) is 2.13. The van der Waals surface area contributed by atoms with Gasteiger partial charge in [-0.3, -0.25) is 9.69 Å². The monoisotopic (exact) mass is 556 g/mol. The zero-order valence-electron chi connectivity index (χ0n) is 20.0. The lowest BCUT2D eigenvalue weighted by Crippen LogP contribution is -2.49. The number of amides is 1. The number of likely N-dealkylation sites (N-methyl/N-ethyl adjacent to an activating group) is 1. The highest BCUT2D eigenvalue weighted by Gasteiger charge is 2.38. The molecule has 1 aromatic carbocycles. The van der Waals surface area contributed by atoms with E-state index in [1.807, 2.05) is 0 Å². The summed E-state index contributed by atoms with van der Waals surface area (Å²) in [6.07, 6.45) is -2.95. The molecule has 2 heterocycles. The van der Waals surface area contributed by atoms with E-state index in [4.69, 9.17) is 21.5 Å². The van der Waals surface area contributed by atoms with Crippen molar-refractivity contribution in [3.63, 3.8) is 0 Å². The van der Waals surface area contributed by atoms with Crippen molar-refractivity contribution in [3.05, 3.63) is 34.9 Å². The van der Waals surface area contributed by atoms with E-state index in [0.29, 0.717) is 43.3 Å². The van der Waals surface area contributed by atoms with Crippen LogP contribution >= 0.6 is 11.6 Å². The molecule has 9 nitrogen and oxygen atoms in total. The Morgan fingerprint density at radius 2 is 1.86 bits per heavy atom. The van der Waals surface area contributed by atoms with Crippen molar-refractivity contribution in [1.29, 1.82) is 0 Å². The smallest absolute Gasteiger partial charge is 0.475 e. The number of hydrogen-bond donors (Lipinski definition) is 2. The number of benzene rings is 1. The first-order valence-electron chi connectivity index (χ1n) is 11.6. The highest BCUT2D eigenvalue weighted by Crippen LogP contribution is 2.20. The SMILES string of the molecule is CCN1CCCC1CN(CCS(=O)(=O)N1CCNCC1)C(=O)c1cccc(Cl)c1.O=C(O)C(F)(F)F. The Kier molecular flexibility index (Phi) is 11.4. The number of nitrogens with zero attached hydrogens (tertiary/aromatic N) is 3. The van der Waals surface area contributed by atoms with Crippen molar-refractivity contribution in [2.24, 2.45) is 0 Å². The molecule has 0 saturated carbocycles. The fraction of sp³-hybridized carbons (Fsp3) is 0.636. The second-order valence-corrected chi connectivity index (χ2v) is 11.0. The van der Waals surface area contributed by atoms with Crippen LogP contribution in [0.4, 0.5) is 13.2 Å². The molecule has 0 radical (unpaired) electrons. The number of piperazine rings is 1. The number of carboxylic acid groups (broad SMARTS) is 1. The molecule has 1 unspecified atom stereocenters.